The standard InChI is InChI=1S/C11H14N2O5/c1-17-8(18-2)6-13-10(14)9-7(11(15)16)4-3-5-12-9/h3-5,8H,6H2,1-2H3,(H,13,14)(H,15,16). The summed E-state index contributed by atoms with van der Waals surface area (Å²) in [6, 6.07) is 2.77. The fourth-order valence-electron chi connectivity index (χ4n) is 1.28. The van der Waals surface area contributed by atoms with E-state index >= 15 is 0 Å². The van der Waals surface area contributed by atoms with Crippen molar-refractivity contribution >= 4 is 11.9 Å². The van der Waals surface area contributed by atoms with Crippen LogP contribution in [0.25, 0.3) is 0 Å². The number of ether oxygens (including phenoxy) is 2. The number of aromatic nitrogens is 1. The first-order chi connectivity index (χ1) is 8.60. The molecule has 2 N–H and O–H groups in total. The van der Waals surface area contributed by atoms with E-state index in [0.29, 0.717) is 0 Å². The number of amides is 1. The summed E-state index contributed by atoms with van der Waals surface area (Å²) < 4.78 is 9.78. The van der Waals surface area contributed by atoms with Gasteiger partial charge in [0.05, 0.1) is 12.1 Å². The molecule has 0 aliphatic heterocycles. The molecule has 0 saturated carbocycles. The zero-order chi connectivity index (χ0) is 13.5. The summed E-state index contributed by atoms with van der Waals surface area (Å²) in [4.78, 5) is 26.4. The Morgan fingerprint density at radius 3 is 2.67 bits per heavy atom. The fraction of sp³-hybridized carbons (Fsp3) is 0.364. The van der Waals surface area contributed by atoms with Crippen LogP contribution in [-0.2, 0) is 9.47 Å². The maximum atomic E-state index is 11.8. The number of hydrogen-bond acceptors (Lipinski definition) is 5. The minimum Gasteiger partial charge on any atom is -0.478 e. The lowest BCUT2D eigenvalue weighted by molar-refractivity contribution is -0.0974. The van der Waals surface area contributed by atoms with Crippen molar-refractivity contribution in [2.75, 3.05) is 20.8 Å². The molecule has 7 heteroatoms. The van der Waals surface area contributed by atoms with Gasteiger partial charge in [0, 0.05) is 20.4 Å². The number of nitrogens with zero attached hydrogens (tertiary/aromatic N) is 1. The molecule has 0 bridgehead atoms. The van der Waals surface area contributed by atoms with E-state index in [0.717, 1.165) is 0 Å². The fourth-order valence-corrected chi connectivity index (χ4v) is 1.28. The molecule has 0 aliphatic carbocycles. The van der Waals surface area contributed by atoms with Crippen molar-refractivity contribution in [1.82, 2.24) is 10.3 Å². The Kier molecular flexibility index (Phi) is 5.22. The van der Waals surface area contributed by atoms with Gasteiger partial charge < -0.3 is 19.9 Å². The van der Waals surface area contributed by atoms with Gasteiger partial charge in [0.1, 0.15) is 5.69 Å². The van der Waals surface area contributed by atoms with Crippen molar-refractivity contribution in [1.29, 1.82) is 0 Å². The second kappa shape index (κ2) is 6.67. The molecule has 0 spiro atoms. The molecule has 1 rings (SSSR count). The topological polar surface area (TPSA) is 97.8 Å². The van der Waals surface area contributed by atoms with Crippen LogP contribution >= 0.6 is 0 Å². The molecule has 7 nitrogen and oxygen atoms in total. The van der Waals surface area contributed by atoms with Crippen LogP contribution in [-0.4, -0.2) is 49.0 Å². The number of carbonyl (C=O) groups excluding carboxylic acids is 1. The van der Waals surface area contributed by atoms with Gasteiger partial charge in [-0.25, -0.2) is 4.79 Å². The van der Waals surface area contributed by atoms with Crippen LogP contribution in [0.1, 0.15) is 20.8 Å². The van der Waals surface area contributed by atoms with Gasteiger partial charge in [-0.3, -0.25) is 9.78 Å². The highest BCUT2D eigenvalue weighted by atomic mass is 16.7. The van der Waals surface area contributed by atoms with Gasteiger partial charge in [-0.05, 0) is 12.1 Å². The predicted octanol–water partition coefficient (Wildman–Crippen LogP) is 0.128. The molecule has 18 heavy (non-hydrogen) atoms. The van der Waals surface area contributed by atoms with E-state index in [1.807, 2.05) is 0 Å². The second-order valence-corrected chi connectivity index (χ2v) is 3.32. The molecule has 0 unspecified atom stereocenters. The number of nitrogens with one attached hydrogen (secondary N) is 1. The molecule has 0 fully saturated rings. The van der Waals surface area contributed by atoms with E-state index in [1.165, 1.54) is 32.5 Å². The number of aromatic carboxylic acids is 1. The van der Waals surface area contributed by atoms with Gasteiger partial charge in [0.2, 0.25) is 0 Å². The van der Waals surface area contributed by atoms with Gasteiger partial charge in [0.15, 0.2) is 6.29 Å². The number of carbonyl (C=O) groups is 2. The molecule has 0 aliphatic rings. The quantitative estimate of drug-likeness (QED) is 0.700. The van der Waals surface area contributed by atoms with E-state index in [-0.39, 0.29) is 17.8 Å². The number of carboxylic acid groups (broad SMARTS) is 1. The molecule has 0 radical (unpaired) electrons. The highest BCUT2D eigenvalue weighted by Crippen LogP contribution is 2.05. The third kappa shape index (κ3) is 3.51. The molecule has 1 amide bonds. The van der Waals surface area contributed by atoms with Crippen molar-refractivity contribution in [3.8, 4) is 0 Å². The largest absolute Gasteiger partial charge is 0.478 e. The Labute approximate surface area is 104 Å². The maximum Gasteiger partial charge on any atom is 0.338 e. The summed E-state index contributed by atoms with van der Waals surface area (Å²) in [7, 11) is 2.87. The zero-order valence-corrected chi connectivity index (χ0v) is 10.0. The Hall–Kier alpha value is -1.99. The van der Waals surface area contributed by atoms with Crippen LogP contribution in [0.4, 0.5) is 0 Å². The molecule has 0 aromatic carbocycles. The predicted molar refractivity (Wildman–Crippen MR) is 61.3 cm³/mol. The van der Waals surface area contributed by atoms with E-state index in [1.54, 1.807) is 0 Å². The Bertz CT molecular complexity index is 431. The molecular formula is C11H14N2O5. The molecule has 1 aromatic rings. The van der Waals surface area contributed by atoms with Crippen molar-refractivity contribution < 1.29 is 24.2 Å². The average molecular weight is 254 g/mol. The summed E-state index contributed by atoms with van der Waals surface area (Å²) in [5, 5.41) is 11.4. The van der Waals surface area contributed by atoms with Crippen LogP contribution in [0.2, 0.25) is 0 Å². The number of hydrogen-bond donors (Lipinski definition) is 2. The lowest BCUT2D eigenvalue weighted by atomic mass is 10.2. The second-order valence-electron chi connectivity index (χ2n) is 3.32. The third-order valence-corrected chi connectivity index (χ3v) is 2.21. The van der Waals surface area contributed by atoms with Crippen molar-refractivity contribution in [2.45, 2.75) is 6.29 Å². The van der Waals surface area contributed by atoms with Crippen molar-refractivity contribution in [3.05, 3.63) is 29.6 Å². The first kappa shape index (κ1) is 14.1. The minimum atomic E-state index is -1.21. The molecular weight excluding hydrogens is 240 g/mol. The molecule has 0 atom stereocenters. The maximum absolute atomic E-state index is 11.8. The molecule has 98 valence electrons. The van der Waals surface area contributed by atoms with Crippen molar-refractivity contribution in [3.63, 3.8) is 0 Å². The monoisotopic (exact) mass is 254 g/mol. The molecule has 0 saturated heterocycles. The van der Waals surface area contributed by atoms with Gasteiger partial charge in [-0.2, -0.15) is 0 Å². The third-order valence-electron chi connectivity index (χ3n) is 2.21. The summed E-state index contributed by atoms with van der Waals surface area (Å²) in [6.07, 6.45) is 0.761. The number of methoxy groups -OCH3 is 2. The SMILES string of the molecule is COC(CNC(=O)c1ncccc1C(=O)O)OC. The normalized spacial score (nSPS) is 10.4. The van der Waals surface area contributed by atoms with Crippen LogP contribution < -0.4 is 5.32 Å². The summed E-state index contributed by atoms with van der Waals surface area (Å²) in [5.74, 6) is -1.80. The number of carboxylic acids is 1. The van der Waals surface area contributed by atoms with Crippen LogP contribution in [0.5, 0.6) is 0 Å². The summed E-state index contributed by atoms with van der Waals surface area (Å²) in [6.45, 7) is 0.0987. The van der Waals surface area contributed by atoms with Crippen LogP contribution in [0.3, 0.4) is 0 Å². The zero-order valence-electron chi connectivity index (χ0n) is 10.0. The van der Waals surface area contributed by atoms with E-state index in [2.05, 4.69) is 10.3 Å². The van der Waals surface area contributed by atoms with Gasteiger partial charge in [-0.15, -0.1) is 0 Å². The smallest absolute Gasteiger partial charge is 0.338 e. The molecule has 1 aromatic heterocycles. The van der Waals surface area contributed by atoms with Crippen molar-refractivity contribution in [2.24, 2.45) is 0 Å². The lowest BCUT2D eigenvalue weighted by Crippen LogP contribution is -2.35. The minimum absolute atomic E-state index is 0.0987. The Morgan fingerprint density at radius 1 is 1.44 bits per heavy atom. The highest BCUT2D eigenvalue weighted by Gasteiger charge is 2.18. The van der Waals surface area contributed by atoms with E-state index in [4.69, 9.17) is 14.6 Å². The lowest BCUT2D eigenvalue weighted by Gasteiger charge is -2.14. The van der Waals surface area contributed by atoms with Crippen LogP contribution in [0, 0.1) is 0 Å². The van der Waals surface area contributed by atoms with Gasteiger partial charge in [-0.1, -0.05) is 0 Å². The first-order valence-corrected chi connectivity index (χ1v) is 5.12. The van der Waals surface area contributed by atoms with E-state index in [9.17, 15) is 9.59 Å². The molecule has 1 heterocycles. The number of pyridine rings is 1. The van der Waals surface area contributed by atoms with Crippen LogP contribution in [0.15, 0.2) is 18.3 Å². The average Bonchev–Trinajstić information content (AvgIpc) is 2.39. The highest BCUT2D eigenvalue weighted by molar-refractivity contribution is 6.03. The van der Waals surface area contributed by atoms with E-state index < -0.39 is 18.2 Å². The Balaban J connectivity index is 2.75. The number of rotatable bonds is 6. The van der Waals surface area contributed by atoms with Gasteiger partial charge >= 0.3 is 5.97 Å². The summed E-state index contributed by atoms with van der Waals surface area (Å²) >= 11 is 0. The Morgan fingerprint density at radius 2 is 2.11 bits per heavy atom. The summed E-state index contributed by atoms with van der Waals surface area (Å²) in [5.41, 5.74) is -0.294. The first-order valence-electron chi connectivity index (χ1n) is 5.12. The van der Waals surface area contributed by atoms with Gasteiger partial charge in [0.25, 0.3) is 5.91 Å².